The molecule has 0 spiro atoms. The van der Waals surface area contributed by atoms with E-state index in [-0.39, 0.29) is 0 Å². The molecule has 2 heteroatoms. The molecular formula is C5H4S2. The zero-order valence-corrected chi connectivity index (χ0v) is 5.57. The molecule has 0 rings (SSSR count). The topological polar surface area (TPSA) is 0 Å². The average molecular weight is 128 g/mol. The third-order valence-electron chi connectivity index (χ3n) is 0.250. The Labute approximate surface area is 53.5 Å². The van der Waals surface area contributed by atoms with E-state index in [9.17, 15) is 0 Å². The number of thioether (sulfide) groups is 1. The Morgan fingerprint density at radius 2 is 2.14 bits per heavy atom. The van der Waals surface area contributed by atoms with Gasteiger partial charge < -0.3 is 0 Å². The Bertz CT molecular complexity index is 121. The van der Waals surface area contributed by atoms with Gasteiger partial charge in [-0.15, -0.1) is 0 Å². The molecule has 0 heterocycles. The molecule has 0 aliphatic heterocycles. The summed E-state index contributed by atoms with van der Waals surface area (Å²) in [6, 6.07) is 0. The van der Waals surface area contributed by atoms with Gasteiger partial charge in [0.15, 0.2) is 0 Å². The van der Waals surface area contributed by atoms with E-state index in [0.29, 0.717) is 0 Å². The molecular weight excluding hydrogens is 124 g/mol. The minimum absolute atomic E-state index is 1.25. The molecule has 0 fully saturated rings. The van der Waals surface area contributed by atoms with Gasteiger partial charge in [0, 0.05) is 11.8 Å². The van der Waals surface area contributed by atoms with E-state index in [1.807, 2.05) is 0 Å². The monoisotopic (exact) mass is 128 g/mol. The molecule has 0 radical (unpaired) electrons. The Balaban J connectivity index is 3.21. The van der Waals surface area contributed by atoms with Crippen molar-refractivity contribution in [2.24, 2.45) is 0 Å². The van der Waals surface area contributed by atoms with Gasteiger partial charge in [0.25, 0.3) is 0 Å². The fraction of sp³-hybridized carbons (Fsp3) is 0.200. The summed E-state index contributed by atoms with van der Waals surface area (Å²) in [4.78, 5) is 0. The lowest BCUT2D eigenvalue weighted by Gasteiger charge is -1.61. The fourth-order valence-corrected chi connectivity index (χ4v) is 0.435. The highest BCUT2D eigenvalue weighted by Crippen LogP contribution is 1.89. The van der Waals surface area contributed by atoms with Crippen LogP contribution in [0.3, 0.4) is 0 Å². The van der Waals surface area contributed by atoms with E-state index < -0.39 is 0 Å². The molecule has 7 heavy (non-hydrogen) atoms. The molecule has 0 N–H and O–H groups in total. The van der Waals surface area contributed by atoms with E-state index in [0.717, 1.165) is 0 Å². The molecule has 0 bridgehead atoms. The number of rotatable bonds is 0. The summed E-state index contributed by atoms with van der Waals surface area (Å²) in [5, 5.41) is 7.71. The van der Waals surface area contributed by atoms with Gasteiger partial charge in [-0.2, -0.15) is 0 Å². The van der Waals surface area contributed by atoms with Crippen LogP contribution in [0.2, 0.25) is 0 Å². The van der Waals surface area contributed by atoms with Crippen molar-refractivity contribution in [1.82, 2.24) is 0 Å². The summed E-state index contributed by atoms with van der Waals surface area (Å²) in [5.74, 6) is 2.68. The Morgan fingerprint density at radius 3 is 2.57 bits per heavy atom. The molecule has 0 aromatic carbocycles. The standard InChI is InChI=1S/C5H4S2/c1-2-4-7-5-3-6/h6H,1H3. The lowest BCUT2D eigenvalue weighted by atomic mass is 10.9. The summed E-state index contributed by atoms with van der Waals surface area (Å²) in [7, 11) is 0. The summed E-state index contributed by atoms with van der Waals surface area (Å²) >= 11 is 4.90. The summed E-state index contributed by atoms with van der Waals surface area (Å²) in [5.41, 5.74) is 0. The van der Waals surface area contributed by atoms with Crippen LogP contribution in [0.4, 0.5) is 0 Å². The van der Waals surface area contributed by atoms with Crippen molar-refractivity contribution in [1.29, 1.82) is 0 Å². The van der Waals surface area contributed by atoms with Crippen molar-refractivity contribution in [2.45, 2.75) is 6.92 Å². The fourth-order valence-electron chi connectivity index (χ4n) is 0.0994. The van der Waals surface area contributed by atoms with Crippen LogP contribution in [0, 0.1) is 21.7 Å². The highest BCUT2D eigenvalue weighted by atomic mass is 32.2. The maximum Gasteiger partial charge on any atom is 0.0143 e. The maximum absolute atomic E-state index is 3.64. The molecule has 0 aromatic rings. The molecule has 0 unspecified atom stereocenters. The lowest BCUT2D eigenvalue weighted by molar-refractivity contribution is 1.94. The minimum Gasteiger partial charge on any atom is -0.0937 e. The average Bonchev–Trinajstić information content (AvgIpc) is 1.69. The van der Waals surface area contributed by atoms with Crippen molar-refractivity contribution in [3.05, 3.63) is 0 Å². The molecule has 0 saturated heterocycles. The first-order valence-corrected chi connectivity index (χ1v) is 2.90. The molecule has 0 aliphatic rings. The summed E-state index contributed by atoms with van der Waals surface area (Å²) < 4.78 is 0. The molecule has 0 aliphatic carbocycles. The van der Waals surface area contributed by atoms with Gasteiger partial charge >= 0.3 is 0 Å². The zero-order chi connectivity index (χ0) is 5.54. The smallest absolute Gasteiger partial charge is 0.0143 e. The highest BCUT2D eigenvalue weighted by Gasteiger charge is 1.59. The Morgan fingerprint density at radius 1 is 1.43 bits per heavy atom. The lowest BCUT2D eigenvalue weighted by Crippen LogP contribution is -1.39. The van der Waals surface area contributed by atoms with E-state index in [4.69, 9.17) is 0 Å². The Hall–Kier alpha value is -0.180. The van der Waals surface area contributed by atoms with Crippen LogP contribution < -0.4 is 0 Å². The maximum atomic E-state index is 3.64. The number of hydrogen-bond donors (Lipinski definition) is 1. The SMILES string of the molecule is CC#CSC#CS. The van der Waals surface area contributed by atoms with Crippen LogP contribution in [-0.4, -0.2) is 0 Å². The van der Waals surface area contributed by atoms with Crippen LogP contribution in [0.1, 0.15) is 6.92 Å². The van der Waals surface area contributed by atoms with E-state index >= 15 is 0 Å². The zero-order valence-electron chi connectivity index (χ0n) is 3.86. The van der Waals surface area contributed by atoms with Gasteiger partial charge in [-0.05, 0) is 22.7 Å². The van der Waals surface area contributed by atoms with Gasteiger partial charge in [-0.1, -0.05) is 18.5 Å². The second kappa shape index (κ2) is 5.82. The van der Waals surface area contributed by atoms with Crippen LogP contribution in [-0.2, 0) is 0 Å². The van der Waals surface area contributed by atoms with E-state index in [1.54, 1.807) is 6.92 Å². The number of thiol groups is 1. The first-order chi connectivity index (χ1) is 3.41. The van der Waals surface area contributed by atoms with Gasteiger partial charge in [0.05, 0.1) is 0 Å². The van der Waals surface area contributed by atoms with Gasteiger partial charge in [0.1, 0.15) is 0 Å². The summed E-state index contributed by atoms with van der Waals surface area (Å²) in [6.07, 6.45) is 0. The molecule has 0 aromatic heterocycles. The quantitative estimate of drug-likeness (QED) is 0.381. The van der Waals surface area contributed by atoms with Crippen LogP contribution in [0.15, 0.2) is 0 Å². The van der Waals surface area contributed by atoms with Gasteiger partial charge in [-0.25, -0.2) is 0 Å². The second-order valence-electron chi connectivity index (χ2n) is 0.668. The normalized spacial score (nSPS) is 4.86. The summed E-state index contributed by atoms with van der Waals surface area (Å²) in [6.45, 7) is 1.77. The van der Waals surface area contributed by atoms with Crippen LogP contribution >= 0.6 is 24.4 Å². The van der Waals surface area contributed by atoms with Crippen molar-refractivity contribution in [2.75, 3.05) is 0 Å². The largest absolute Gasteiger partial charge is 0.0937 e. The molecule has 0 amide bonds. The molecule has 0 atom stereocenters. The first-order valence-electron chi connectivity index (χ1n) is 1.63. The van der Waals surface area contributed by atoms with Crippen LogP contribution in [0.25, 0.3) is 0 Å². The van der Waals surface area contributed by atoms with Crippen molar-refractivity contribution in [3.63, 3.8) is 0 Å². The van der Waals surface area contributed by atoms with E-state index in [2.05, 4.69) is 34.3 Å². The minimum atomic E-state index is 1.25. The first kappa shape index (κ1) is 6.82. The predicted molar refractivity (Wildman–Crippen MR) is 37.8 cm³/mol. The molecule has 0 saturated carbocycles. The van der Waals surface area contributed by atoms with Crippen molar-refractivity contribution in [3.8, 4) is 21.7 Å². The third-order valence-corrected chi connectivity index (χ3v) is 1.02. The Kier molecular flexibility index (Phi) is 5.67. The number of hydrogen-bond acceptors (Lipinski definition) is 2. The van der Waals surface area contributed by atoms with E-state index in [1.165, 1.54) is 11.8 Å². The van der Waals surface area contributed by atoms with Gasteiger partial charge in [-0.3, -0.25) is 0 Å². The second-order valence-corrected chi connectivity index (χ2v) is 1.50. The highest BCUT2D eigenvalue weighted by molar-refractivity contribution is 8.08. The van der Waals surface area contributed by atoms with Crippen molar-refractivity contribution < 1.29 is 0 Å². The third kappa shape index (κ3) is 5.82. The van der Waals surface area contributed by atoms with Crippen LogP contribution in [0.5, 0.6) is 0 Å². The predicted octanol–water partition coefficient (Wildman–Crippen LogP) is 1.55. The molecule has 0 nitrogen and oxygen atoms in total. The molecule has 36 valence electrons. The van der Waals surface area contributed by atoms with Gasteiger partial charge in [0.2, 0.25) is 0 Å². The van der Waals surface area contributed by atoms with Crippen molar-refractivity contribution >= 4 is 24.4 Å².